The molecule has 0 unspecified atom stereocenters. The number of unbranched alkanes of at least 4 members (excludes halogenated alkanes) is 2. The Hall–Kier alpha value is -0.0400. The largest absolute Gasteiger partial charge is 0.385 e. The van der Waals surface area contributed by atoms with Crippen molar-refractivity contribution in [2.75, 3.05) is 13.7 Å². The van der Waals surface area contributed by atoms with E-state index in [-0.39, 0.29) is 0 Å². The van der Waals surface area contributed by atoms with Crippen molar-refractivity contribution in [1.29, 1.82) is 0 Å². The fourth-order valence-electron chi connectivity index (χ4n) is 4.86. The average molecular weight is 295 g/mol. The van der Waals surface area contributed by atoms with E-state index in [4.69, 9.17) is 4.74 Å². The maximum absolute atomic E-state index is 5.24. The van der Waals surface area contributed by atoms with E-state index in [0.29, 0.717) is 0 Å². The molecule has 0 saturated heterocycles. The molecule has 0 atom stereocenters. The minimum absolute atomic E-state index is 0.964. The first kappa shape index (κ1) is 17.3. The fraction of sp³-hybridized carbons (Fsp3) is 1.00. The van der Waals surface area contributed by atoms with Gasteiger partial charge in [-0.25, -0.2) is 0 Å². The highest BCUT2D eigenvalue weighted by atomic mass is 16.5. The Morgan fingerprint density at radius 2 is 1.24 bits per heavy atom. The zero-order valence-corrected chi connectivity index (χ0v) is 14.6. The highest BCUT2D eigenvalue weighted by Crippen LogP contribution is 2.42. The Bertz CT molecular complexity index is 247. The standard InChI is InChI=1S/C20H38O/c1-3-4-5-6-17-7-11-19(12-8-17)20-13-9-18(10-14-20)15-16-21-2/h17-20H,3-16H2,1-2H3/t17-,18-,19-,20-. The Labute approximate surface area is 133 Å². The van der Waals surface area contributed by atoms with E-state index >= 15 is 0 Å². The summed E-state index contributed by atoms with van der Waals surface area (Å²) in [6.45, 7) is 3.29. The lowest BCUT2D eigenvalue weighted by Crippen LogP contribution is -2.26. The summed E-state index contributed by atoms with van der Waals surface area (Å²) in [6, 6.07) is 0. The highest BCUT2D eigenvalue weighted by molar-refractivity contribution is 4.82. The highest BCUT2D eigenvalue weighted by Gasteiger charge is 2.30. The van der Waals surface area contributed by atoms with Gasteiger partial charge >= 0.3 is 0 Å². The molecule has 1 heteroatoms. The molecule has 0 aromatic rings. The Morgan fingerprint density at radius 1 is 0.714 bits per heavy atom. The van der Waals surface area contributed by atoms with E-state index in [0.717, 1.165) is 30.3 Å². The lowest BCUT2D eigenvalue weighted by atomic mass is 9.68. The first-order chi connectivity index (χ1) is 10.3. The molecule has 0 aliphatic heterocycles. The molecular weight excluding hydrogens is 256 g/mol. The molecule has 0 aromatic heterocycles. The second-order valence-electron chi connectivity index (χ2n) is 7.84. The lowest BCUT2D eigenvalue weighted by molar-refractivity contribution is 0.121. The van der Waals surface area contributed by atoms with Crippen LogP contribution >= 0.6 is 0 Å². The van der Waals surface area contributed by atoms with Gasteiger partial charge in [0.1, 0.15) is 0 Å². The molecule has 0 aromatic carbocycles. The molecule has 2 aliphatic carbocycles. The molecule has 1 nitrogen and oxygen atoms in total. The molecule has 2 aliphatic rings. The maximum atomic E-state index is 5.24. The van der Waals surface area contributed by atoms with Crippen molar-refractivity contribution in [2.24, 2.45) is 23.7 Å². The van der Waals surface area contributed by atoms with Crippen LogP contribution in [0, 0.1) is 23.7 Å². The molecule has 0 spiro atoms. The van der Waals surface area contributed by atoms with E-state index in [9.17, 15) is 0 Å². The zero-order valence-electron chi connectivity index (χ0n) is 14.6. The second kappa shape index (κ2) is 9.87. The van der Waals surface area contributed by atoms with Gasteiger partial charge in [-0.3, -0.25) is 0 Å². The minimum atomic E-state index is 0.964. The van der Waals surface area contributed by atoms with Gasteiger partial charge < -0.3 is 4.74 Å². The number of hydrogen-bond donors (Lipinski definition) is 0. The van der Waals surface area contributed by atoms with E-state index in [1.54, 1.807) is 12.8 Å². The van der Waals surface area contributed by atoms with Crippen molar-refractivity contribution in [3.05, 3.63) is 0 Å². The van der Waals surface area contributed by atoms with Gasteiger partial charge in [0.2, 0.25) is 0 Å². The van der Waals surface area contributed by atoms with Crippen molar-refractivity contribution in [3.63, 3.8) is 0 Å². The van der Waals surface area contributed by atoms with Gasteiger partial charge in [-0.1, -0.05) is 58.3 Å². The molecular formula is C20H38O. The van der Waals surface area contributed by atoms with Crippen LogP contribution in [0.15, 0.2) is 0 Å². The summed E-state index contributed by atoms with van der Waals surface area (Å²) < 4.78 is 5.24. The summed E-state index contributed by atoms with van der Waals surface area (Å²) in [4.78, 5) is 0. The van der Waals surface area contributed by atoms with Crippen LogP contribution in [0.3, 0.4) is 0 Å². The van der Waals surface area contributed by atoms with Crippen LogP contribution in [0.4, 0.5) is 0 Å². The van der Waals surface area contributed by atoms with Gasteiger partial charge in [-0.15, -0.1) is 0 Å². The van der Waals surface area contributed by atoms with Crippen molar-refractivity contribution in [2.45, 2.75) is 90.4 Å². The summed E-state index contributed by atoms with van der Waals surface area (Å²) in [5.41, 5.74) is 0. The zero-order chi connectivity index (χ0) is 14.9. The number of ether oxygens (including phenoxy) is 1. The summed E-state index contributed by atoms with van der Waals surface area (Å²) in [7, 11) is 1.84. The van der Waals surface area contributed by atoms with Gasteiger partial charge in [-0.05, 0) is 55.8 Å². The van der Waals surface area contributed by atoms with Crippen LogP contribution in [0.2, 0.25) is 0 Å². The number of methoxy groups -OCH3 is 1. The fourth-order valence-corrected chi connectivity index (χ4v) is 4.86. The van der Waals surface area contributed by atoms with Crippen molar-refractivity contribution in [1.82, 2.24) is 0 Å². The van der Waals surface area contributed by atoms with Gasteiger partial charge in [0, 0.05) is 13.7 Å². The summed E-state index contributed by atoms with van der Waals surface area (Å²) in [6.07, 6.45) is 19.3. The molecule has 0 N–H and O–H groups in total. The van der Waals surface area contributed by atoms with Crippen LogP contribution in [-0.2, 0) is 4.74 Å². The predicted octanol–water partition coefficient (Wildman–Crippen LogP) is 6.22. The third-order valence-corrected chi connectivity index (χ3v) is 6.40. The maximum Gasteiger partial charge on any atom is 0.0464 e. The normalized spacial score (nSPS) is 34.0. The van der Waals surface area contributed by atoms with Crippen LogP contribution < -0.4 is 0 Å². The number of hydrogen-bond acceptors (Lipinski definition) is 1. The van der Waals surface area contributed by atoms with E-state index in [1.165, 1.54) is 70.6 Å². The first-order valence-electron chi connectivity index (χ1n) is 9.82. The molecule has 0 radical (unpaired) electrons. The Kier molecular flexibility index (Phi) is 8.14. The molecule has 124 valence electrons. The molecule has 0 heterocycles. The second-order valence-corrected chi connectivity index (χ2v) is 7.84. The summed E-state index contributed by atoms with van der Waals surface area (Å²) in [5, 5.41) is 0. The van der Waals surface area contributed by atoms with E-state index in [2.05, 4.69) is 6.92 Å². The quantitative estimate of drug-likeness (QED) is 0.483. The van der Waals surface area contributed by atoms with Crippen LogP contribution in [0.5, 0.6) is 0 Å². The van der Waals surface area contributed by atoms with Crippen molar-refractivity contribution in [3.8, 4) is 0 Å². The molecule has 2 rings (SSSR count). The monoisotopic (exact) mass is 294 g/mol. The van der Waals surface area contributed by atoms with Crippen molar-refractivity contribution < 1.29 is 4.74 Å². The smallest absolute Gasteiger partial charge is 0.0464 e. The third-order valence-electron chi connectivity index (χ3n) is 6.40. The topological polar surface area (TPSA) is 9.23 Å². The van der Waals surface area contributed by atoms with Gasteiger partial charge in [0.15, 0.2) is 0 Å². The first-order valence-corrected chi connectivity index (χ1v) is 9.82. The molecule has 2 saturated carbocycles. The minimum Gasteiger partial charge on any atom is -0.385 e. The summed E-state index contributed by atoms with van der Waals surface area (Å²) in [5.74, 6) is 4.19. The summed E-state index contributed by atoms with van der Waals surface area (Å²) >= 11 is 0. The SMILES string of the molecule is CCCCC[C@H]1CC[C@H]([C@H]2CC[C@H](CCOC)CC2)CC1. The molecule has 0 bridgehead atoms. The van der Waals surface area contributed by atoms with E-state index < -0.39 is 0 Å². The van der Waals surface area contributed by atoms with Crippen LogP contribution in [-0.4, -0.2) is 13.7 Å². The molecule has 2 fully saturated rings. The predicted molar refractivity (Wildman–Crippen MR) is 91.5 cm³/mol. The van der Waals surface area contributed by atoms with Gasteiger partial charge in [-0.2, -0.15) is 0 Å². The third kappa shape index (κ3) is 5.93. The average Bonchev–Trinajstić information content (AvgIpc) is 2.54. The number of rotatable bonds is 8. The lowest BCUT2D eigenvalue weighted by Gasteiger charge is -2.38. The molecule has 21 heavy (non-hydrogen) atoms. The van der Waals surface area contributed by atoms with E-state index in [1.807, 2.05) is 7.11 Å². The Morgan fingerprint density at radius 3 is 1.71 bits per heavy atom. The Balaban J connectivity index is 1.60. The van der Waals surface area contributed by atoms with Crippen LogP contribution in [0.25, 0.3) is 0 Å². The van der Waals surface area contributed by atoms with Gasteiger partial charge in [0.05, 0.1) is 0 Å². The van der Waals surface area contributed by atoms with Crippen LogP contribution in [0.1, 0.15) is 90.4 Å². The van der Waals surface area contributed by atoms with Gasteiger partial charge in [0.25, 0.3) is 0 Å². The van der Waals surface area contributed by atoms with Crippen molar-refractivity contribution >= 4 is 0 Å². The molecule has 0 amide bonds.